The molecular weight excluding hydrogens is 290 g/mol. The molecule has 0 unspecified atom stereocenters. The number of nitrogens with zero attached hydrogens (tertiary/aromatic N) is 1. The van der Waals surface area contributed by atoms with Gasteiger partial charge in [-0.3, -0.25) is 9.59 Å². The molecule has 4 heteroatoms. The van der Waals surface area contributed by atoms with E-state index in [0.29, 0.717) is 28.0 Å². The van der Waals surface area contributed by atoms with Gasteiger partial charge in [0.25, 0.3) is 0 Å². The van der Waals surface area contributed by atoms with Crippen LogP contribution in [0.25, 0.3) is 5.57 Å². The second-order valence-electron chi connectivity index (χ2n) is 5.58. The van der Waals surface area contributed by atoms with Crippen molar-refractivity contribution in [2.24, 2.45) is 0 Å². The molecule has 116 valence electrons. The van der Waals surface area contributed by atoms with Crippen LogP contribution in [0, 0.1) is 0 Å². The van der Waals surface area contributed by atoms with Crippen LogP contribution in [0.3, 0.4) is 0 Å². The van der Waals surface area contributed by atoms with Gasteiger partial charge in [0.15, 0.2) is 11.6 Å². The minimum atomic E-state index is -0.158. The molecule has 2 aromatic carbocycles. The zero-order valence-electron chi connectivity index (χ0n) is 13.3. The van der Waals surface area contributed by atoms with Gasteiger partial charge in [0.2, 0.25) is 0 Å². The Labute approximate surface area is 135 Å². The lowest BCUT2D eigenvalue weighted by atomic mass is 9.86. The molecule has 0 N–H and O–H groups in total. The van der Waals surface area contributed by atoms with Crippen molar-refractivity contribution in [2.75, 3.05) is 26.1 Å². The number of carbonyl (C=O) groups is 2. The Hall–Kier alpha value is -2.88. The van der Waals surface area contributed by atoms with E-state index in [9.17, 15) is 9.59 Å². The molecule has 4 nitrogen and oxygen atoms in total. The number of methoxy groups -OCH3 is 1. The molecular formula is C19H17NO3. The molecule has 0 bridgehead atoms. The number of hydrogen-bond donors (Lipinski definition) is 0. The molecule has 0 aliphatic heterocycles. The minimum Gasteiger partial charge on any atom is -0.496 e. The molecule has 0 amide bonds. The first-order valence-electron chi connectivity index (χ1n) is 7.28. The smallest absolute Gasteiger partial charge is 0.194 e. The maximum atomic E-state index is 12.8. The third-order valence-corrected chi connectivity index (χ3v) is 3.95. The molecule has 0 saturated carbocycles. The first-order chi connectivity index (χ1) is 11.0. The normalized spacial score (nSPS) is 13.4. The first kappa shape index (κ1) is 15.0. The Morgan fingerprint density at radius 1 is 0.913 bits per heavy atom. The van der Waals surface area contributed by atoms with E-state index in [-0.39, 0.29) is 11.6 Å². The van der Waals surface area contributed by atoms with Crippen LogP contribution in [-0.2, 0) is 0 Å². The predicted octanol–water partition coefficient (Wildman–Crippen LogP) is 3.22. The van der Waals surface area contributed by atoms with Gasteiger partial charge in [0, 0.05) is 48.1 Å². The third kappa shape index (κ3) is 2.52. The van der Waals surface area contributed by atoms with Crippen LogP contribution in [0.2, 0.25) is 0 Å². The maximum Gasteiger partial charge on any atom is 0.194 e. The Morgan fingerprint density at radius 2 is 1.61 bits per heavy atom. The highest BCUT2D eigenvalue weighted by atomic mass is 16.5. The van der Waals surface area contributed by atoms with E-state index in [1.807, 2.05) is 37.2 Å². The van der Waals surface area contributed by atoms with Crippen LogP contribution in [0.1, 0.15) is 26.3 Å². The van der Waals surface area contributed by atoms with Gasteiger partial charge in [-0.1, -0.05) is 24.3 Å². The summed E-state index contributed by atoms with van der Waals surface area (Å²) in [7, 11) is 5.42. The summed E-state index contributed by atoms with van der Waals surface area (Å²) in [5.74, 6) is 0.257. The van der Waals surface area contributed by atoms with E-state index in [2.05, 4.69) is 0 Å². The van der Waals surface area contributed by atoms with E-state index >= 15 is 0 Å². The van der Waals surface area contributed by atoms with Gasteiger partial charge in [-0.2, -0.15) is 0 Å². The number of allylic oxidation sites excluding steroid dienone is 2. The molecule has 2 aromatic rings. The lowest BCUT2D eigenvalue weighted by Gasteiger charge is -2.19. The van der Waals surface area contributed by atoms with Crippen LogP contribution in [0.5, 0.6) is 5.75 Å². The first-order valence-corrected chi connectivity index (χ1v) is 7.28. The molecule has 3 rings (SSSR count). The molecule has 0 spiro atoms. The van der Waals surface area contributed by atoms with Crippen molar-refractivity contribution in [3.05, 3.63) is 65.2 Å². The third-order valence-electron chi connectivity index (χ3n) is 3.95. The van der Waals surface area contributed by atoms with Crippen LogP contribution in [-0.4, -0.2) is 32.8 Å². The summed E-state index contributed by atoms with van der Waals surface area (Å²) in [6, 6.07) is 12.5. The topological polar surface area (TPSA) is 46.6 Å². The van der Waals surface area contributed by atoms with Gasteiger partial charge >= 0.3 is 0 Å². The Bertz CT molecular complexity index is 834. The number of anilines is 1. The molecule has 0 aromatic heterocycles. The van der Waals surface area contributed by atoms with Crippen LogP contribution < -0.4 is 9.64 Å². The minimum absolute atomic E-state index is 0.156. The summed E-state index contributed by atoms with van der Waals surface area (Å²) in [6.45, 7) is 0. The molecule has 0 heterocycles. The van der Waals surface area contributed by atoms with E-state index in [4.69, 9.17) is 4.74 Å². The SMILES string of the molecule is COc1cc(N(C)C)ccc1C1=CC(=O)c2ccccc2C1=O. The fraction of sp³-hybridized carbons (Fsp3) is 0.158. The van der Waals surface area contributed by atoms with Gasteiger partial charge in [-0.15, -0.1) is 0 Å². The number of rotatable bonds is 3. The second-order valence-corrected chi connectivity index (χ2v) is 5.58. The average molecular weight is 307 g/mol. The lowest BCUT2D eigenvalue weighted by Crippen LogP contribution is -2.16. The van der Waals surface area contributed by atoms with Crippen molar-refractivity contribution in [1.82, 2.24) is 0 Å². The zero-order chi connectivity index (χ0) is 16.6. The summed E-state index contributed by atoms with van der Waals surface area (Å²) in [5.41, 5.74) is 2.85. The van der Waals surface area contributed by atoms with Crippen molar-refractivity contribution in [2.45, 2.75) is 0 Å². The fourth-order valence-corrected chi connectivity index (χ4v) is 2.70. The Morgan fingerprint density at radius 3 is 2.26 bits per heavy atom. The standard InChI is InChI=1S/C19H17NO3/c1-20(2)12-8-9-14(18(10-12)23-3)16-11-17(21)13-6-4-5-7-15(13)19(16)22/h4-11H,1-3H3. The van der Waals surface area contributed by atoms with Crippen molar-refractivity contribution < 1.29 is 14.3 Å². The lowest BCUT2D eigenvalue weighted by molar-refractivity contribution is 0.100. The molecule has 1 aliphatic carbocycles. The molecule has 23 heavy (non-hydrogen) atoms. The van der Waals surface area contributed by atoms with Gasteiger partial charge < -0.3 is 9.64 Å². The summed E-state index contributed by atoms with van der Waals surface area (Å²) in [5, 5.41) is 0. The number of hydrogen-bond acceptors (Lipinski definition) is 4. The zero-order valence-corrected chi connectivity index (χ0v) is 13.3. The summed E-state index contributed by atoms with van der Waals surface area (Å²) >= 11 is 0. The molecule has 0 atom stereocenters. The highest BCUT2D eigenvalue weighted by Gasteiger charge is 2.27. The van der Waals surface area contributed by atoms with E-state index in [1.165, 1.54) is 6.08 Å². The van der Waals surface area contributed by atoms with Gasteiger partial charge in [-0.25, -0.2) is 0 Å². The second kappa shape index (κ2) is 5.72. The van der Waals surface area contributed by atoms with Crippen molar-refractivity contribution >= 4 is 22.8 Å². The monoisotopic (exact) mass is 307 g/mol. The summed E-state index contributed by atoms with van der Waals surface area (Å²) < 4.78 is 5.43. The van der Waals surface area contributed by atoms with Crippen LogP contribution in [0.4, 0.5) is 5.69 Å². The van der Waals surface area contributed by atoms with Crippen molar-refractivity contribution in [3.8, 4) is 5.75 Å². The quantitative estimate of drug-likeness (QED) is 0.873. The van der Waals surface area contributed by atoms with Crippen LogP contribution in [0.15, 0.2) is 48.5 Å². The molecule has 0 fully saturated rings. The highest BCUT2D eigenvalue weighted by molar-refractivity contribution is 6.39. The Kier molecular flexibility index (Phi) is 3.74. The maximum absolute atomic E-state index is 12.8. The number of ether oxygens (including phenoxy) is 1. The largest absolute Gasteiger partial charge is 0.496 e. The van der Waals surface area contributed by atoms with Crippen molar-refractivity contribution in [3.63, 3.8) is 0 Å². The van der Waals surface area contributed by atoms with Gasteiger partial charge in [0.05, 0.1) is 7.11 Å². The predicted molar refractivity (Wildman–Crippen MR) is 90.4 cm³/mol. The van der Waals surface area contributed by atoms with Crippen LogP contribution >= 0.6 is 0 Å². The average Bonchev–Trinajstić information content (AvgIpc) is 2.57. The summed E-state index contributed by atoms with van der Waals surface area (Å²) in [6.07, 6.45) is 1.40. The number of fused-ring (bicyclic) bond motifs is 1. The van der Waals surface area contributed by atoms with Gasteiger partial charge in [0.1, 0.15) is 5.75 Å². The number of benzene rings is 2. The molecule has 0 radical (unpaired) electrons. The van der Waals surface area contributed by atoms with E-state index < -0.39 is 0 Å². The number of ketones is 2. The number of carbonyl (C=O) groups excluding carboxylic acids is 2. The van der Waals surface area contributed by atoms with Crippen molar-refractivity contribution in [1.29, 1.82) is 0 Å². The van der Waals surface area contributed by atoms with Gasteiger partial charge in [-0.05, 0) is 18.2 Å². The highest BCUT2D eigenvalue weighted by Crippen LogP contribution is 2.34. The van der Waals surface area contributed by atoms with E-state index in [0.717, 1.165) is 5.69 Å². The van der Waals surface area contributed by atoms with E-state index in [1.54, 1.807) is 31.4 Å². The summed E-state index contributed by atoms with van der Waals surface area (Å²) in [4.78, 5) is 27.0. The molecule has 0 saturated heterocycles. The Balaban J connectivity index is 2.13. The molecule has 1 aliphatic rings. The number of Topliss-reactive ketones (excluding diaryl/α,β-unsaturated/α-hetero) is 1. The fourth-order valence-electron chi connectivity index (χ4n) is 2.70.